The fourth-order valence-corrected chi connectivity index (χ4v) is 9.42. The summed E-state index contributed by atoms with van der Waals surface area (Å²) in [5.41, 5.74) is -1.50. The molecule has 2 bridgehead atoms. The third kappa shape index (κ3) is 4.30. The topological polar surface area (TPSA) is 120 Å². The van der Waals surface area contributed by atoms with Crippen molar-refractivity contribution < 1.29 is 36.8 Å². The van der Waals surface area contributed by atoms with Gasteiger partial charge in [0.1, 0.15) is 11.9 Å². The molecule has 0 radical (unpaired) electrons. The Bertz CT molecular complexity index is 1250. The van der Waals surface area contributed by atoms with Crippen molar-refractivity contribution in [2.75, 3.05) is 13.2 Å². The quantitative estimate of drug-likeness (QED) is 0.311. The molecule has 0 aromatic heterocycles. The number of epoxide rings is 1. The summed E-state index contributed by atoms with van der Waals surface area (Å²) in [5, 5.41) is 12.0. The summed E-state index contributed by atoms with van der Waals surface area (Å²) in [6, 6.07) is 6.19. The van der Waals surface area contributed by atoms with Crippen molar-refractivity contribution >= 4 is 21.9 Å². The summed E-state index contributed by atoms with van der Waals surface area (Å²) in [4.78, 5) is 26.9. The van der Waals surface area contributed by atoms with Crippen molar-refractivity contribution in [1.29, 1.82) is 0 Å². The van der Waals surface area contributed by atoms with Gasteiger partial charge in [0.2, 0.25) is 0 Å². The molecule has 216 valence electrons. The zero-order chi connectivity index (χ0) is 28.6. The Balaban J connectivity index is 1.48. The van der Waals surface area contributed by atoms with Crippen LogP contribution in [0.4, 0.5) is 0 Å². The van der Waals surface area contributed by atoms with Crippen LogP contribution in [0.2, 0.25) is 0 Å². The zero-order valence-corrected chi connectivity index (χ0v) is 24.7. The van der Waals surface area contributed by atoms with E-state index in [2.05, 4.69) is 27.7 Å². The van der Waals surface area contributed by atoms with Gasteiger partial charge >= 0.3 is 5.97 Å². The molecule has 8 unspecified atom stereocenters. The molecule has 8 nitrogen and oxygen atoms in total. The van der Waals surface area contributed by atoms with Gasteiger partial charge in [0.15, 0.2) is 6.61 Å². The molecule has 3 aliphatic carbocycles. The van der Waals surface area contributed by atoms with E-state index < -0.39 is 56.6 Å². The van der Waals surface area contributed by atoms with Gasteiger partial charge in [-0.15, -0.1) is 0 Å². The Morgan fingerprint density at radius 3 is 2.38 bits per heavy atom. The second-order valence-corrected chi connectivity index (χ2v) is 15.1. The molecule has 1 N–H and O–H groups in total. The standard InChI is InChI=1S/C30H42O8S/c1-18-7-9-20(10-8-18)39(34,35)37-17-24(32)38-22-15-28(5,23-16-36-23)26(33)27(3,4)30-13-11-19(2)29(22,6)25(30)21(31)12-14-30/h7-10,19,22-23,25-26,33H,11-17H2,1-6H3. The minimum absolute atomic E-state index is 0.0372. The van der Waals surface area contributed by atoms with Gasteiger partial charge < -0.3 is 14.6 Å². The number of Topliss-reactive ketones (excluding diaryl/α,β-unsaturated/α-hetero) is 1. The second kappa shape index (κ2) is 9.36. The SMILES string of the molecule is Cc1ccc(S(=O)(=O)OCC(=O)OC2CC(C)(C3CO3)C(O)C(C)(C)C34CCC(=O)C3C2(C)C(C)CC4)cc1. The lowest BCUT2D eigenvalue weighted by atomic mass is 9.40. The molecule has 1 saturated heterocycles. The highest BCUT2D eigenvalue weighted by atomic mass is 32.2. The van der Waals surface area contributed by atoms with Crippen LogP contribution >= 0.6 is 0 Å². The zero-order valence-electron chi connectivity index (χ0n) is 23.9. The first-order valence-electron chi connectivity index (χ1n) is 14.1. The van der Waals surface area contributed by atoms with Gasteiger partial charge in [0.25, 0.3) is 10.1 Å². The molecular formula is C30H42O8S. The maximum Gasteiger partial charge on any atom is 0.333 e. The van der Waals surface area contributed by atoms with E-state index in [9.17, 15) is 23.1 Å². The number of ether oxygens (including phenoxy) is 2. The number of hydrogen-bond donors (Lipinski definition) is 1. The second-order valence-electron chi connectivity index (χ2n) is 13.5. The number of aryl methyl sites for hydroxylation is 1. The molecule has 0 amide bonds. The molecule has 1 aliphatic heterocycles. The van der Waals surface area contributed by atoms with Crippen molar-refractivity contribution in [3.8, 4) is 0 Å². The number of esters is 1. The Hall–Kier alpha value is -1.81. The Labute approximate surface area is 231 Å². The van der Waals surface area contributed by atoms with E-state index >= 15 is 0 Å². The number of aliphatic hydroxyl groups excluding tert-OH is 1. The van der Waals surface area contributed by atoms with Gasteiger partial charge in [0.05, 0.1) is 23.7 Å². The predicted molar refractivity (Wildman–Crippen MR) is 143 cm³/mol. The molecule has 4 fully saturated rings. The van der Waals surface area contributed by atoms with Crippen LogP contribution in [-0.2, 0) is 33.4 Å². The summed E-state index contributed by atoms with van der Waals surface area (Å²) in [7, 11) is -4.16. The molecule has 9 heteroatoms. The monoisotopic (exact) mass is 562 g/mol. The molecule has 39 heavy (non-hydrogen) atoms. The maximum absolute atomic E-state index is 13.7. The molecule has 8 atom stereocenters. The number of hydrogen-bond acceptors (Lipinski definition) is 8. The summed E-state index contributed by atoms with van der Waals surface area (Å²) in [6.45, 7) is 11.9. The fraction of sp³-hybridized carbons (Fsp3) is 0.733. The first-order valence-corrected chi connectivity index (χ1v) is 15.5. The van der Waals surface area contributed by atoms with Crippen LogP contribution in [0.15, 0.2) is 29.2 Å². The first kappa shape index (κ1) is 28.7. The van der Waals surface area contributed by atoms with Crippen molar-refractivity contribution in [3.05, 3.63) is 29.8 Å². The Morgan fingerprint density at radius 2 is 1.77 bits per heavy atom. The van der Waals surface area contributed by atoms with Gasteiger partial charge in [-0.05, 0) is 61.5 Å². The van der Waals surface area contributed by atoms with Crippen molar-refractivity contribution in [1.82, 2.24) is 0 Å². The van der Waals surface area contributed by atoms with Gasteiger partial charge in [-0.3, -0.25) is 8.98 Å². The van der Waals surface area contributed by atoms with Crippen molar-refractivity contribution in [2.45, 2.75) is 96.9 Å². The molecule has 1 aromatic rings. The largest absolute Gasteiger partial charge is 0.460 e. The van der Waals surface area contributed by atoms with Crippen LogP contribution in [0.3, 0.4) is 0 Å². The Morgan fingerprint density at radius 1 is 1.13 bits per heavy atom. The molecular weight excluding hydrogens is 520 g/mol. The average molecular weight is 563 g/mol. The summed E-state index contributed by atoms with van der Waals surface area (Å²) in [5.74, 6) is -0.949. The van der Waals surface area contributed by atoms with E-state index in [-0.39, 0.29) is 28.6 Å². The van der Waals surface area contributed by atoms with E-state index in [1.807, 2.05) is 13.8 Å². The third-order valence-electron chi connectivity index (χ3n) is 11.3. The third-order valence-corrected chi connectivity index (χ3v) is 12.6. The van der Waals surface area contributed by atoms with Crippen LogP contribution in [0, 0.1) is 40.4 Å². The van der Waals surface area contributed by atoms with Crippen LogP contribution in [0.5, 0.6) is 0 Å². The van der Waals surface area contributed by atoms with Gasteiger partial charge in [-0.25, -0.2) is 4.79 Å². The Kier molecular flexibility index (Phi) is 6.89. The highest BCUT2D eigenvalue weighted by Gasteiger charge is 2.73. The van der Waals surface area contributed by atoms with Gasteiger partial charge in [-0.2, -0.15) is 8.42 Å². The number of benzene rings is 1. The lowest BCUT2D eigenvalue weighted by Crippen LogP contribution is -2.67. The lowest BCUT2D eigenvalue weighted by molar-refractivity contribution is -0.237. The number of carbonyl (C=O) groups excluding carboxylic acids is 2. The molecule has 1 heterocycles. The number of rotatable bonds is 6. The first-order chi connectivity index (χ1) is 18.1. The summed E-state index contributed by atoms with van der Waals surface area (Å²) in [6.07, 6.45) is 1.42. The van der Waals surface area contributed by atoms with Crippen LogP contribution in [0.1, 0.15) is 72.3 Å². The van der Waals surface area contributed by atoms with Gasteiger partial charge in [0, 0.05) is 23.2 Å². The minimum atomic E-state index is -4.16. The van der Waals surface area contributed by atoms with Crippen LogP contribution < -0.4 is 0 Å². The molecule has 4 aliphatic rings. The number of aliphatic hydroxyl groups is 1. The average Bonchev–Trinajstić information content (AvgIpc) is 3.67. The highest BCUT2D eigenvalue weighted by molar-refractivity contribution is 7.86. The molecule has 5 rings (SSSR count). The smallest absolute Gasteiger partial charge is 0.333 e. The summed E-state index contributed by atoms with van der Waals surface area (Å²) < 4.78 is 42.4. The lowest BCUT2D eigenvalue weighted by Gasteiger charge is -2.65. The van der Waals surface area contributed by atoms with Crippen molar-refractivity contribution in [3.63, 3.8) is 0 Å². The van der Waals surface area contributed by atoms with E-state index in [0.717, 1.165) is 18.4 Å². The molecule has 0 spiro atoms. The minimum Gasteiger partial charge on any atom is -0.460 e. The number of ketones is 1. The maximum atomic E-state index is 13.7. The van der Waals surface area contributed by atoms with E-state index in [0.29, 0.717) is 25.9 Å². The molecule has 1 aromatic carbocycles. The van der Waals surface area contributed by atoms with Crippen molar-refractivity contribution in [2.24, 2.45) is 33.5 Å². The van der Waals surface area contributed by atoms with Crippen LogP contribution in [-0.4, -0.2) is 56.8 Å². The molecule has 3 saturated carbocycles. The highest BCUT2D eigenvalue weighted by Crippen LogP contribution is 2.72. The predicted octanol–water partition coefficient (Wildman–Crippen LogP) is 4.21. The number of carbonyl (C=O) groups is 2. The van der Waals surface area contributed by atoms with E-state index in [4.69, 9.17) is 13.7 Å². The normalized spacial score (nSPS) is 41.3. The summed E-state index contributed by atoms with van der Waals surface area (Å²) >= 11 is 0. The van der Waals surface area contributed by atoms with E-state index in [1.165, 1.54) is 12.1 Å². The van der Waals surface area contributed by atoms with Crippen LogP contribution in [0.25, 0.3) is 0 Å². The van der Waals surface area contributed by atoms with Gasteiger partial charge in [-0.1, -0.05) is 52.3 Å². The fourth-order valence-electron chi connectivity index (χ4n) is 8.57. The van der Waals surface area contributed by atoms with E-state index in [1.54, 1.807) is 12.1 Å².